The minimum atomic E-state index is -0.203. The van der Waals surface area contributed by atoms with E-state index in [-0.39, 0.29) is 30.2 Å². The van der Waals surface area contributed by atoms with E-state index in [4.69, 9.17) is 4.74 Å². The molecule has 0 spiro atoms. The molecule has 6 nitrogen and oxygen atoms in total. The Bertz CT molecular complexity index is 1110. The molecule has 2 amide bonds. The molecule has 0 radical (unpaired) electrons. The van der Waals surface area contributed by atoms with Crippen molar-refractivity contribution in [2.75, 3.05) is 25.1 Å². The van der Waals surface area contributed by atoms with Gasteiger partial charge in [-0.25, -0.2) is 0 Å². The summed E-state index contributed by atoms with van der Waals surface area (Å²) in [5.74, 6) is -0.246. The molecule has 1 N–H and O–H groups in total. The van der Waals surface area contributed by atoms with Gasteiger partial charge in [-0.05, 0) is 49.2 Å². The van der Waals surface area contributed by atoms with Gasteiger partial charge in [0, 0.05) is 49.1 Å². The van der Waals surface area contributed by atoms with E-state index in [0.29, 0.717) is 29.8 Å². The zero-order valence-corrected chi connectivity index (χ0v) is 18.7. The fraction of sp³-hybridized carbons (Fsp3) is 0.259. The van der Waals surface area contributed by atoms with Crippen molar-refractivity contribution >= 4 is 17.5 Å². The molecule has 1 aliphatic heterocycles. The van der Waals surface area contributed by atoms with Crippen LogP contribution in [0.2, 0.25) is 0 Å². The number of hydrogen-bond donors (Lipinski definition) is 1. The van der Waals surface area contributed by atoms with Gasteiger partial charge in [0.05, 0.1) is 6.10 Å². The van der Waals surface area contributed by atoms with E-state index in [9.17, 15) is 14.7 Å². The van der Waals surface area contributed by atoms with Crippen LogP contribution in [0.1, 0.15) is 39.1 Å². The van der Waals surface area contributed by atoms with Crippen LogP contribution in [-0.4, -0.2) is 48.1 Å². The molecule has 1 heterocycles. The number of phenolic OH excluding ortho intramolecular Hbond substituents is 1. The summed E-state index contributed by atoms with van der Waals surface area (Å²) in [6.07, 6.45) is 1.83. The number of amides is 2. The van der Waals surface area contributed by atoms with Crippen LogP contribution in [0.15, 0.2) is 78.9 Å². The number of anilines is 1. The molecule has 4 rings (SSSR count). The first-order valence-electron chi connectivity index (χ1n) is 11.1. The summed E-state index contributed by atoms with van der Waals surface area (Å²) in [6.45, 7) is 1.38. The van der Waals surface area contributed by atoms with Crippen molar-refractivity contribution in [3.8, 4) is 5.75 Å². The summed E-state index contributed by atoms with van der Waals surface area (Å²) in [6, 6.07) is 23.2. The van der Waals surface area contributed by atoms with Crippen molar-refractivity contribution in [3.63, 3.8) is 0 Å². The number of carbonyl (C=O) groups is 2. The molecule has 0 aromatic heterocycles. The SMILES string of the molecule is CN(C(=O)c1cccc(C(=O)N(Cc2ccccc2O)CC2CCCO2)c1)c1ccccc1. The Labute approximate surface area is 194 Å². The summed E-state index contributed by atoms with van der Waals surface area (Å²) >= 11 is 0. The lowest BCUT2D eigenvalue weighted by molar-refractivity contribution is 0.0506. The molecule has 1 fully saturated rings. The third kappa shape index (κ3) is 5.41. The molecular formula is C27H28N2O4. The van der Waals surface area contributed by atoms with E-state index in [2.05, 4.69) is 0 Å². The predicted octanol–water partition coefficient (Wildman–Crippen LogP) is 4.49. The molecular weight excluding hydrogens is 416 g/mol. The molecule has 170 valence electrons. The van der Waals surface area contributed by atoms with E-state index >= 15 is 0 Å². The van der Waals surface area contributed by atoms with E-state index in [1.807, 2.05) is 36.4 Å². The van der Waals surface area contributed by atoms with Crippen LogP contribution in [0.4, 0.5) is 5.69 Å². The minimum absolute atomic E-state index is 0.0335. The number of nitrogens with zero attached hydrogens (tertiary/aromatic N) is 2. The van der Waals surface area contributed by atoms with Crippen LogP contribution in [0.3, 0.4) is 0 Å². The fourth-order valence-corrected chi connectivity index (χ4v) is 4.03. The van der Waals surface area contributed by atoms with Crippen molar-refractivity contribution in [1.82, 2.24) is 4.90 Å². The molecule has 1 aliphatic rings. The van der Waals surface area contributed by atoms with Crippen molar-refractivity contribution < 1.29 is 19.4 Å². The number of para-hydroxylation sites is 2. The zero-order chi connectivity index (χ0) is 23.2. The van der Waals surface area contributed by atoms with Crippen LogP contribution in [0.5, 0.6) is 5.75 Å². The molecule has 3 aromatic carbocycles. The summed E-state index contributed by atoms with van der Waals surface area (Å²) in [5, 5.41) is 10.2. The average molecular weight is 445 g/mol. The van der Waals surface area contributed by atoms with Gasteiger partial charge in [0.25, 0.3) is 11.8 Å². The Morgan fingerprint density at radius 1 is 0.939 bits per heavy atom. The number of hydrogen-bond acceptors (Lipinski definition) is 4. The second kappa shape index (κ2) is 10.3. The first kappa shape index (κ1) is 22.6. The third-order valence-electron chi connectivity index (χ3n) is 5.89. The van der Waals surface area contributed by atoms with E-state index in [0.717, 1.165) is 18.5 Å². The standard InChI is InChI=1S/C27H28N2O4/c1-28(23-12-3-2-4-13-23)26(31)20-10-7-11-21(17-20)27(32)29(19-24-14-8-16-33-24)18-22-9-5-6-15-25(22)30/h2-7,9-13,15,17,24,30H,8,14,16,18-19H2,1H3. The first-order valence-corrected chi connectivity index (χ1v) is 11.1. The second-order valence-corrected chi connectivity index (χ2v) is 8.23. The molecule has 0 saturated carbocycles. The third-order valence-corrected chi connectivity index (χ3v) is 5.89. The number of aromatic hydroxyl groups is 1. The Hall–Kier alpha value is -3.64. The monoisotopic (exact) mass is 444 g/mol. The summed E-state index contributed by atoms with van der Waals surface area (Å²) < 4.78 is 5.76. The summed E-state index contributed by atoms with van der Waals surface area (Å²) in [5.41, 5.74) is 2.31. The van der Waals surface area contributed by atoms with Crippen molar-refractivity contribution in [2.45, 2.75) is 25.5 Å². The van der Waals surface area contributed by atoms with Gasteiger partial charge in [-0.2, -0.15) is 0 Å². The number of phenols is 1. The maximum absolute atomic E-state index is 13.5. The quantitative estimate of drug-likeness (QED) is 0.583. The van der Waals surface area contributed by atoms with E-state index < -0.39 is 0 Å². The lowest BCUT2D eigenvalue weighted by atomic mass is 10.1. The fourth-order valence-electron chi connectivity index (χ4n) is 4.03. The number of ether oxygens (including phenoxy) is 1. The van der Waals surface area contributed by atoms with Crippen molar-refractivity contribution in [1.29, 1.82) is 0 Å². The highest BCUT2D eigenvalue weighted by Crippen LogP contribution is 2.23. The topological polar surface area (TPSA) is 70.1 Å². The van der Waals surface area contributed by atoms with E-state index in [1.54, 1.807) is 59.3 Å². The van der Waals surface area contributed by atoms with Crippen molar-refractivity contribution in [2.24, 2.45) is 0 Å². The van der Waals surface area contributed by atoms with Gasteiger partial charge in [-0.3, -0.25) is 9.59 Å². The van der Waals surface area contributed by atoms with Gasteiger partial charge in [0.2, 0.25) is 0 Å². The maximum Gasteiger partial charge on any atom is 0.258 e. The average Bonchev–Trinajstić information content (AvgIpc) is 3.37. The van der Waals surface area contributed by atoms with Crippen LogP contribution in [0.25, 0.3) is 0 Å². The highest BCUT2D eigenvalue weighted by molar-refractivity contribution is 6.07. The predicted molar refractivity (Wildman–Crippen MR) is 127 cm³/mol. The van der Waals surface area contributed by atoms with E-state index in [1.165, 1.54) is 0 Å². The number of benzene rings is 3. The van der Waals surface area contributed by atoms with Gasteiger partial charge < -0.3 is 19.6 Å². The Morgan fingerprint density at radius 3 is 2.33 bits per heavy atom. The minimum Gasteiger partial charge on any atom is -0.508 e. The molecule has 0 bridgehead atoms. The maximum atomic E-state index is 13.5. The number of carbonyl (C=O) groups excluding carboxylic acids is 2. The number of rotatable bonds is 7. The highest BCUT2D eigenvalue weighted by atomic mass is 16.5. The van der Waals surface area contributed by atoms with Crippen LogP contribution < -0.4 is 4.90 Å². The lowest BCUT2D eigenvalue weighted by Crippen LogP contribution is -2.37. The van der Waals surface area contributed by atoms with Gasteiger partial charge in [0.15, 0.2) is 0 Å². The lowest BCUT2D eigenvalue weighted by Gasteiger charge is -2.26. The smallest absolute Gasteiger partial charge is 0.258 e. The Balaban J connectivity index is 1.57. The molecule has 1 atom stereocenters. The molecule has 1 unspecified atom stereocenters. The van der Waals surface area contributed by atoms with Crippen molar-refractivity contribution in [3.05, 3.63) is 95.6 Å². The normalized spacial score (nSPS) is 15.2. The Morgan fingerprint density at radius 2 is 1.64 bits per heavy atom. The molecule has 3 aromatic rings. The second-order valence-electron chi connectivity index (χ2n) is 8.23. The molecule has 6 heteroatoms. The molecule has 1 saturated heterocycles. The van der Waals surface area contributed by atoms with Crippen LogP contribution >= 0.6 is 0 Å². The summed E-state index contributed by atoms with van der Waals surface area (Å²) in [7, 11) is 1.72. The Kier molecular flexibility index (Phi) is 7.05. The van der Waals surface area contributed by atoms with Crippen LogP contribution in [-0.2, 0) is 11.3 Å². The summed E-state index contributed by atoms with van der Waals surface area (Å²) in [4.78, 5) is 29.8. The van der Waals surface area contributed by atoms with Gasteiger partial charge >= 0.3 is 0 Å². The molecule has 0 aliphatic carbocycles. The van der Waals surface area contributed by atoms with Crippen LogP contribution in [0, 0.1) is 0 Å². The van der Waals surface area contributed by atoms with Gasteiger partial charge in [0.1, 0.15) is 5.75 Å². The highest BCUT2D eigenvalue weighted by Gasteiger charge is 2.25. The molecule has 33 heavy (non-hydrogen) atoms. The largest absolute Gasteiger partial charge is 0.508 e. The zero-order valence-electron chi connectivity index (χ0n) is 18.7. The first-order chi connectivity index (χ1) is 16.0. The van der Waals surface area contributed by atoms with Gasteiger partial charge in [-0.1, -0.05) is 42.5 Å². The van der Waals surface area contributed by atoms with Gasteiger partial charge in [-0.15, -0.1) is 0 Å².